The molecule has 1 aliphatic carbocycles. The fourth-order valence-corrected chi connectivity index (χ4v) is 4.90. The van der Waals surface area contributed by atoms with Crippen LogP contribution >= 0.6 is 0 Å². The van der Waals surface area contributed by atoms with Gasteiger partial charge >= 0.3 is 0 Å². The quantitative estimate of drug-likeness (QED) is 0.470. The first-order chi connectivity index (χ1) is 13.5. The summed E-state index contributed by atoms with van der Waals surface area (Å²) in [5.74, 6) is 0.819. The van der Waals surface area contributed by atoms with Crippen LogP contribution in [0.4, 0.5) is 0 Å². The Labute approximate surface area is 169 Å². The second kappa shape index (κ2) is 9.71. The molecule has 1 aromatic rings. The molecule has 1 saturated heterocycles. The Hall–Kier alpha value is -1.64. The second-order valence-corrected chi connectivity index (χ2v) is 9.70. The predicted octanol–water partition coefficient (Wildman–Crippen LogP) is 1.42. The zero-order chi connectivity index (χ0) is 20.0. The third kappa shape index (κ3) is 5.93. The first kappa shape index (κ1) is 21.1. The zero-order valence-electron chi connectivity index (χ0n) is 16.9. The van der Waals surface area contributed by atoms with E-state index in [-0.39, 0.29) is 5.75 Å². The minimum atomic E-state index is -3.24. The number of benzene rings is 1. The van der Waals surface area contributed by atoms with Gasteiger partial charge in [-0.2, -0.15) is 0 Å². The number of nitrogens with zero attached hydrogens (tertiary/aromatic N) is 2. The lowest BCUT2D eigenvalue weighted by atomic mass is 10.1. The average molecular weight is 408 g/mol. The molecule has 0 aromatic heterocycles. The number of hydrogen-bond donors (Lipinski definition) is 3. The summed E-state index contributed by atoms with van der Waals surface area (Å²) in [7, 11) is -0.00763. The molecular weight excluding hydrogens is 374 g/mol. The predicted molar refractivity (Wildman–Crippen MR) is 114 cm³/mol. The van der Waals surface area contributed by atoms with Crippen molar-refractivity contribution in [3.63, 3.8) is 0 Å². The highest BCUT2D eigenvalue weighted by atomic mass is 32.2. The van der Waals surface area contributed by atoms with E-state index in [0.717, 1.165) is 36.1 Å². The summed E-state index contributed by atoms with van der Waals surface area (Å²) in [5, 5.41) is 6.91. The maximum absolute atomic E-state index is 11.6. The summed E-state index contributed by atoms with van der Waals surface area (Å²) in [6.07, 6.45) is 6.62. The summed E-state index contributed by atoms with van der Waals surface area (Å²) < 4.78 is 25.6. The van der Waals surface area contributed by atoms with E-state index in [1.54, 1.807) is 7.05 Å². The molecule has 2 fully saturated rings. The van der Waals surface area contributed by atoms with Gasteiger partial charge in [0.25, 0.3) is 0 Å². The summed E-state index contributed by atoms with van der Waals surface area (Å²) in [5.41, 5.74) is 1.87. The molecule has 2 aliphatic rings. The molecule has 1 aliphatic heterocycles. The second-order valence-electron chi connectivity index (χ2n) is 7.77. The number of guanidine groups is 1. The molecule has 1 aromatic carbocycles. The molecule has 156 valence electrons. The van der Waals surface area contributed by atoms with Gasteiger partial charge in [-0.15, -0.1) is 0 Å². The normalized spacial score (nSPS) is 21.9. The van der Waals surface area contributed by atoms with Crippen molar-refractivity contribution < 1.29 is 8.42 Å². The van der Waals surface area contributed by atoms with Gasteiger partial charge in [-0.1, -0.05) is 37.1 Å². The lowest BCUT2D eigenvalue weighted by Crippen LogP contribution is -2.45. The maximum Gasteiger partial charge on any atom is 0.215 e. The van der Waals surface area contributed by atoms with Crippen LogP contribution in [0.25, 0.3) is 0 Å². The van der Waals surface area contributed by atoms with Crippen LogP contribution in [0.5, 0.6) is 0 Å². The summed E-state index contributed by atoms with van der Waals surface area (Å²) >= 11 is 0. The average Bonchev–Trinajstić information content (AvgIpc) is 3.37. The third-order valence-electron chi connectivity index (χ3n) is 5.78. The molecule has 28 heavy (non-hydrogen) atoms. The van der Waals surface area contributed by atoms with E-state index in [9.17, 15) is 8.42 Å². The van der Waals surface area contributed by atoms with Crippen LogP contribution in [0.15, 0.2) is 29.3 Å². The maximum atomic E-state index is 11.6. The van der Waals surface area contributed by atoms with Crippen LogP contribution in [0, 0.1) is 0 Å². The molecule has 1 unspecified atom stereocenters. The number of sulfonamides is 1. The van der Waals surface area contributed by atoms with E-state index in [4.69, 9.17) is 0 Å². The Bertz CT molecular complexity index is 757. The molecule has 1 saturated carbocycles. The van der Waals surface area contributed by atoms with E-state index in [1.807, 2.05) is 24.3 Å². The fraction of sp³-hybridized carbons (Fsp3) is 0.650. The van der Waals surface area contributed by atoms with Gasteiger partial charge < -0.3 is 10.6 Å². The minimum absolute atomic E-state index is 0.000390. The lowest BCUT2D eigenvalue weighted by molar-refractivity contribution is 0.242. The molecule has 1 atom stereocenters. The minimum Gasteiger partial charge on any atom is -0.352 e. The number of rotatable bonds is 7. The van der Waals surface area contributed by atoms with E-state index in [2.05, 4.69) is 25.2 Å². The van der Waals surface area contributed by atoms with Crippen LogP contribution in [-0.2, 0) is 22.3 Å². The standard InChI is InChI=1S/C20H33N5O2S/c1-21-20(24-18-11-12-25(14-18)19-5-3-4-6-19)23-13-16-7-9-17(10-8-16)15-28(26,27)22-2/h7-10,18-19,22H,3-6,11-15H2,1-2H3,(H2,21,23,24). The van der Waals surface area contributed by atoms with E-state index < -0.39 is 10.0 Å². The van der Waals surface area contributed by atoms with Crippen molar-refractivity contribution in [1.29, 1.82) is 0 Å². The van der Waals surface area contributed by atoms with Crippen LogP contribution in [0.2, 0.25) is 0 Å². The Morgan fingerprint density at radius 1 is 1.14 bits per heavy atom. The van der Waals surface area contributed by atoms with Crippen molar-refractivity contribution in [3.05, 3.63) is 35.4 Å². The van der Waals surface area contributed by atoms with Gasteiger partial charge in [-0.05, 0) is 37.4 Å². The Kier molecular flexibility index (Phi) is 7.31. The summed E-state index contributed by atoms with van der Waals surface area (Å²) in [6, 6.07) is 8.86. The molecule has 0 amide bonds. The first-order valence-electron chi connectivity index (χ1n) is 10.2. The molecule has 1 heterocycles. The van der Waals surface area contributed by atoms with Gasteiger partial charge in [-0.3, -0.25) is 9.89 Å². The third-order valence-corrected chi connectivity index (χ3v) is 7.11. The Morgan fingerprint density at radius 2 is 1.82 bits per heavy atom. The van der Waals surface area contributed by atoms with Gasteiger partial charge in [0.15, 0.2) is 5.96 Å². The molecular formula is C20H33N5O2S. The SMILES string of the molecule is CN=C(NCc1ccc(CS(=O)(=O)NC)cc1)NC1CCN(C2CCCC2)C1. The Balaban J connectivity index is 1.45. The topological polar surface area (TPSA) is 85.8 Å². The van der Waals surface area contributed by atoms with E-state index >= 15 is 0 Å². The molecule has 0 spiro atoms. The van der Waals surface area contributed by atoms with Crippen LogP contribution in [0.1, 0.15) is 43.2 Å². The molecule has 0 radical (unpaired) electrons. The van der Waals surface area contributed by atoms with Crippen molar-refractivity contribution in [2.75, 3.05) is 27.2 Å². The highest BCUT2D eigenvalue weighted by Crippen LogP contribution is 2.26. The van der Waals surface area contributed by atoms with Crippen molar-refractivity contribution in [3.8, 4) is 0 Å². The van der Waals surface area contributed by atoms with Crippen molar-refractivity contribution in [2.45, 2.75) is 56.5 Å². The molecule has 7 nitrogen and oxygen atoms in total. The number of aliphatic imine (C=N–C) groups is 1. The molecule has 8 heteroatoms. The van der Waals surface area contributed by atoms with Crippen molar-refractivity contribution >= 4 is 16.0 Å². The molecule has 3 N–H and O–H groups in total. The van der Waals surface area contributed by atoms with Gasteiger partial charge in [0.05, 0.1) is 5.75 Å². The van der Waals surface area contributed by atoms with E-state index in [0.29, 0.717) is 12.6 Å². The monoisotopic (exact) mass is 407 g/mol. The van der Waals surface area contributed by atoms with Crippen molar-refractivity contribution in [2.24, 2.45) is 4.99 Å². The van der Waals surface area contributed by atoms with E-state index in [1.165, 1.54) is 39.3 Å². The number of hydrogen-bond acceptors (Lipinski definition) is 4. The highest BCUT2D eigenvalue weighted by Gasteiger charge is 2.30. The first-order valence-corrected chi connectivity index (χ1v) is 11.8. The number of nitrogens with one attached hydrogen (secondary N) is 3. The van der Waals surface area contributed by atoms with Crippen LogP contribution < -0.4 is 15.4 Å². The zero-order valence-corrected chi connectivity index (χ0v) is 17.8. The summed E-state index contributed by atoms with van der Waals surface area (Å²) in [6.45, 7) is 2.92. The van der Waals surface area contributed by atoms with Gasteiger partial charge in [-0.25, -0.2) is 13.1 Å². The van der Waals surface area contributed by atoms with Crippen LogP contribution in [-0.4, -0.2) is 58.5 Å². The lowest BCUT2D eigenvalue weighted by Gasteiger charge is -2.24. The van der Waals surface area contributed by atoms with Gasteiger partial charge in [0.1, 0.15) is 0 Å². The summed E-state index contributed by atoms with van der Waals surface area (Å²) in [4.78, 5) is 6.99. The van der Waals surface area contributed by atoms with Crippen LogP contribution in [0.3, 0.4) is 0 Å². The molecule has 3 rings (SSSR count). The smallest absolute Gasteiger partial charge is 0.215 e. The fourth-order valence-electron chi connectivity index (χ4n) is 4.12. The van der Waals surface area contributed by atoms with Crippen molar-refractivity contribution in [1.82, 2.24) is 20.3 Å². The van der Waals surface area contributed by atoms with Gasteiger partial charge in [0.2, 0.25) is 10.0 Å². The number of likely N-dealkylation sites (tertiary alicyclic amines) is 1. The highest BCUT2D eigenvalue weighted by molar-refractivity contribution is 7.88. The molecule has 0 bridgehead atoms. The van der Waals surface area contributed by atoms with Gasteiger partial charge in [0, 0.05) is 38.8 Å². The Morgan fingerprint density at radius 3 is 2.46 bits per heavy atom. The largest absolute Gasteiger partial charge is 0.352 e.